The molecule has 88 valence electrons. The summed E-state index contributed by atoms with van der Waals surface area (Å²) in [6.45, 7) is 5.87. The van der Waals surface area contributed by atoms with Gasteiger partial charge < -0.3 is 0 Å². The summed E-state index contributed by atoms with van der Waals surface area (Å²) in [5, 5.41) is 0. The summed E-state index contributed by atoms with van der Waals surface area (Å²) in [5.74, 6) is -0.258. The van der Waals surface area contributed by atoms with E-state index in [0.29, 0.717) is 17.0 Å². The van der Waals surface area contributed by atoms with Crippen LogP contribution in [0.2, 0.25) is 0 Å². The van der Waals surface area contributed by atoms with Gasteiger partial charge in [0.05, 0.1) is 0 Å². The van der Waals surface area contributed by atoms with Gasteiger partial charge in [-0.05, 0) is 42.4 Å². The van der Waals surface area contributed by atoms with E-state index in [4.69, 9.17) is 0 Å². The molecule has 2 atom stereocenters. The minimum atomic E-state index is -0.334. The molecule has 0 radical (unpaired) electrons. The minimum Gasteiger partial charge on any atom is -0.207 e. The molecule has 1 aromatic rings. The normalized spacial score (nSPS) is 24.2. The summed E-state index contributed by atoms with van der Waals surface area (Å²) in [6, 6.07) is 2.59. The maximum absolute atomic E-state index is 13.7. The number of benzene rings is 1. The molecule has 2 unspecified atom stereocenters. The molecule has 1 aliphatic rings. The van der Waals surface area contributed by atoms with Crippen molar-refractivity contribution in [2.24, 2.45) is 11.3 Å². The number of hydrogen-bond donors (Lipinski definition) is 0. The highest BCUT2D eigenvalue weighted by atomic mass is 79.9. The van der Waals surface area contributed by atoms with Crippen molar-refractivity contribution in [1.82, 2.24) is 0 Å². The van der Waals surface area contributed by atoms with Gasteiger partial charge in [0.25, 0.3) is 0 Å². The molecule has 0 aromatic heterocycles. The number of alkyl halides is 1. The van der Waals surface area contributed by atoms with Crippen LogP contribution in [-0.4, -0.2) is 0 Å². The lowest BCUT2D eigenvalue weighted by atomic mass is 10.0. The molecule has 3 heteroatoms. The number of aryl methyl sites for hydroxylation is 1. The number of halogens is 3. The third-order valence-electron chi connectivity index (χ3n) is 3.52. The van der Waals surface area contributed by atoms with Crippen molar-refractivity contribution in [1.29, 1.82) is 0 Å². The van der Waals surface area contributed by atoms with E-state index in [0.717, 1.165) is 6.42 Å². The van der Waals surface area contributed by atoms with Crippen molar-refractivity contribution in [3.63, 3.8) is 0 Å². The van der Waals surface area contributed by atoms with E-state index >= 15 is 0 Å². The molecule has 0 amide bonds. The Labute approximate surface area is 103 Å². The summed E-state index contributed by atoms with van der Waals surface area (Å²) in [7, 11) is 0. The van der Waals surface area contributed by atoms with E-state index in [2.05, 4.69) is 29.8 Å². The van der Waals surface area contributed by atoms with Crippen LogP contribution in [0.5, 0.6) is 0 Å². The second-order valence-corrected chi connectivity index (χ2v) is 6.31. The molecule has 1 aromatic carbocycles. The third kappa shape index (κ3) is 2.02. The Bertz CT molecular complexity index is 426. The van der Waals surface area contributed by atoms with Gasteiger partial charge in [0, 0.05) is 10.4 Å². The van der Waals surface area contributed by atoms with Crippen molar-refractivity contribution < 1.29 is 8.78 Å². The first-order valence-corrected chi connectivity index (χ1v) is 6.34. The van der Waals surface area contributed by atoms with Gasteiger partial charge in [-0.15, -0.1) is 0 Å². The zero-order valence-electron chi connectivity index (χ0n) is 9.65. The second-order valence-electron chi connectivity index (χ2n) is 5.32. The van der Waals surface area contributed by atoms with Crippen LogP contribution in [0, 0.1) is 29.9 Å². The molecule has 0 N–H and O–H groups in total. The van der Waals surface area contributed by atoms with E-state index < -0.39 is 0 Å². The Morgan fingerprint density at radius 3 is 2.38 bits per heavy atom. The van der Waals surface area contributed by atoms with Crippen molar-refractivity contribution >= 4 is 15.9 Å². The largest absolute Gasteiger partial charge is 0.207 e. The topological polar surface area (TPSA) is 0 Å². The standard InChI is InChI=1S/C13H15BrF2/c1-7-4-11(16)8(5-10(7)15)12(14)9-6-13(9,2)3/h4-5,9,12H,6H2,1-3H3. The molecule has 0 saturated heterocycles. The maximum Gasteiger partial charge on any atom is 0.128 e. The maximum atomic E-state index is 13.7. The van der Waals surface area contributed by atoms with Gasteiger partial charge in [0.15, 0.2) is 0 Å². The predicted molar refractivity (Wildman–Crippen MR) is 64.7 cm³/mol. The van der Waals surface area contributed by atoms with Gasteiger partial charge in [0.1, 0.15) is 11.6 Å². The van der Waals surface area contributed by atoms with Crippen molar-refractivity contribution in [2.75, 3.05) is 0 Å². The lowest BCUT2D eigenvalue weighted by Crippen LogP contribution is -2.03. The summed E-state index contributed by atoms with van der Waals surface area (Å²) >= 11 is 3.49. The van der Waals surface area contributed by atoms with E-state index in [1.807, 2.05) is 0 Å². The fourth-order valence-electron chi connectivity index (χ4n) is 2.10. The van der Waals surface area contributed by atoms with Crippen LogP contribution in [0.1, 0.15) is 36.2 Å². The Morgan fingerprint density at radius 1 is 1.31 bits per heavy atom. The van der Waals surface area contributed by atoms with Crippen molar-refractivity contribution in [3.05, 3.63) is 34.9 Å². The Morgan fingerprint density at radius 2 is 1.88 bits per heavy atom. The summed E-state index contributed by atoms with van der Waals surface area (Å²) in [5.41, 5.74) is 1.04. The summed E-state index contributed by atoms with van der Waals surface area (Å²) in [6.07, 6.45) is 1.05. The van der Waals surface area contributed by atoms with Crippen molar-refractivity contribution in [3.8, 4) is 0 Å². The van der Waals surface area contributed by atoms with E-state index in [-0.39, 0.29) is 21.9 Å². The first kappa shape index (κ1) is 12.0. The molecule has 2 rings (SSSR count). The quantitative estimate of drug-likeness (QED) is 0.689. The van der Waals surface area contributed by atoms with Crippen LogP contribution in [-0.2, 0) is 0 Å². The average molecular weight is 289 g/mol. The predicted octanol–water partition coefficient (Wildman–Crippen LogP) is 4.76. The van der Waals surface area contributed by atoms with Gasteiger partial charge in [0.2, 0.25) is 0 Å². The smallest absolute Gasteiger partial charge is 0.128 e. The molecule has 0 heterocycles. The van der Waals surface area contributed by atoms with Crippen LogP contribution in [0.3, 0.4) is 0 Å². The summed E-state index contributed by atoms with van der Waals surface area (Å²) in [4.78, 5) is -0.0856. The van der Waals surface area contributed by atoms with Gasteiger partial charge in [-0.25, -0.2) is 8.78 Å². The zero-order chi connectivity index (χ0) is 12.1. The molecule has 0 aliphatic heterocycles. The van der Waals surface area contributed by atoms with Gasteiger partial charge in [-0.2, -0.15) is 0 Å². The van der Waals surface area contributed by atoms with E-state index in [1.54, 1.807) is 6.92 Å². The molecule has 16 heavy (non-hydrogen) atoms. The lowest BCUT2D eigenvalue weighted by Gasteiger charge is -2.14. The molecule has 1 saturated carbocycles. The van der Waals surface area contributed by atoms with E-state index in [9.17, 15) is 8.78 Å². The minimum absolute atomic E-state index is 0.0856. The third-order valence-corrected chi connectivity index (χ3v) is 4.65. The molecule has 1 fully saturated rings. The lowest BCUT2D eigenvalue weighted by molar-refractivity contribution is 0.530. The van der Waals surface area contributed by atoms with Gasteiger partial charge >= 0.3 is 0 Å². The van der Waals surface area contributed by atoms with Gasteiger partial charge in [-0.1, -0.05) is 29.8 Å². The Kier molecular flexibility index (Phi) is 2.85. The first-order chi connectivity index (χ1) is 7.33. The first-order valence-electron chi connectivity index (χ1n) is 5.42. The molecule has 0 nitrogen and oxygen atoms in total. The SMILES string of the molecule is Cc1cc(F)c(C(Br)C2CC2(C)C)cc1F. The monoisotopic (exact) mass is 288 g/mol. The second kappa shape index (κ2) is 3.80. The fraction of sp³-hybridized carbons (Fsp3) is 0.538. The number of rotatable bonds is 2. The molecular formula is C13H15BrF2. The Balaban J connectivity index is 2.31. The fourth-order valence-corrected chi connectivity index (χ4v) is 3.35. The molecule has 0 bridgehead atoms. The van der Waals surface area contributed by atoms with Crippen LogP contribution in [0.25, 0.3) is 0 Å². The molecule has 0 spiro atoms. The van der Waals surface area contributed by atoms with Gasteiger partial charge in [-0.3, -0.25) is 0 Å². The van der Waals surface area contributed by atoms with Crippen LogP contribution < -0.4 is 0 Å². The molecular weight excluding hydrogens is 274 g/mol. The Hall–Kier alpha value is -0.440. The highest BCUT2D eigenvalue weighted by molar-refractivity contribution is 9.09. The van der Waals surface area contributed by atoms with Crippen LogP contribution >= 0.6 is 15.9 Å². The zero-order valence-corrected chi connectivity index (χ0v) is 11.2. The van der Waals surface area contributed by atoms with Crippen LogP contribution in [0.15, 0.2) is 12.1 Å². The summed E-state index contributed by atoms with van der Waals surface area (Å²) < 4.78 is 27.1. The number of hydrogen-bond acceptors (Lipinski definition) is 0. The van der Waals surface area contributed by atoms with Crippen LogP contribution in [0.4, 0.5) is 8.78 Å². The highest BCUT2D eigenvalue weighted by Gasteiger charge is 2.50. The van der Waals surface area contributed by atoms with E-state index in [1.165, 1.54) is 12.1 Å². The average Bonchev–Trinajstić information content (AvgIpc) is 2.80. The highest BCUT2D eigenvalue weighted by Crippen LogP contribution is 2.60. The van der Waals surface area contributed by atoms with Crippen molar-refractivity contribution in [2.45, 2.75) is 32.0 Å². The molecule has 1 aliphatic carbocycles.